The summed E-state index contributed by atoms with van der Waals surface area (Å²) >= 11 is 0. The summed E-state index contributed by atoms with van der Waals surface area (Å²) < 4.78 is 11.5. The number of hydrogen-bond acceptors (Lipinski definition) is 6. The molecule has 0 spiro atoms. The summed E-state index contributed by atoms with van der Waals surface area (Å²) in [5.41, 5.74) is 2.60. The van der Waals surface area contributed by atoms with Crippen LogP contribution in [0, 0.1) is 10.1 Å². The number of amides is 1. The number of anilines is 2. The zero-order valence-corrected chi connectivity index (χ0v) is 17.5. The minimum atomic E-state index is -0.494. The van der Waals surface area contributed by atoms with E-state index < -0.39 is 10.8 Å². The molecule has 1 aliphatic rings. The topological polar surface area (TPSA) is 97.8 Å². The van der Waals surface area contributed by atoms with Gasteiger partial charge < -0.3 is 19.4 Å². The van der Waals surface area contributed by atoms with E-state index in [1.165, 1.54) is 19.2 Å². The number of nitro groups is 1. The number of fused-ring (bicyclic) bond motifs is 3. The Hall–Kier alpha value is -4.07. The summed E-state index contributed by atoms with van der Waals surface area (Å²) in [5.74, 6) is 0.0370. The first-order valence-corrected chi connectivity index (χ1v) is 10.4. The number of nitrogens with zero attached hydrogens (tertiary/aromatic N) is 2. The van der Waals surface area contributed by atoms with Crippen molar-refractivity contribution >= 4 is 44.9 Å². The molecule has 1 N–H and O–H groups in total. The van der Waals surface area contributed by atoms with Crippen molar-refractivity contribution in [2.45, 2.75) is 12.8 Å². The number of nitrogens with one attached hydrogen (secondary N) is 1. The van der Waals surface area contributed by atoms with Gasteiger partial charge in [-0.25, -0.2) is 0 Å². The van der Waals surface area contributed by atoms with Crippen molar-refractivity contribution in [3.05, 3.63) is 70.3 Å². The van der Waals surface area contributed by atoms with Gasteiger partial charge in [0.1, 0.15) is 16.9 Å². The zero-order chi connectivity index (χ0) is 22.2. The number of benzene rings is 3. The van der Waals surface area contributed by atoms with E-state index in [0.717, 1.165) is 42.3 Å². The molecular formula is C24H21N3O5. The summed E-state index contributed by atoms with van der Waals surface area (Å²) in [6, 6.07) is 15.6. The van der Waals surface area contributed by atoms with Crippen LogP contribution in [0.15, 0.2) is 59.0 Å². The van der Waals surface area contributed by atoms with Crippen molar-refractivity contribution in [1.82, 2.24) is 0 Å². The highest BCUT2D eigenvalue weighted by atomic mass is 16.6. The molecule has 32 heavy (non-hydrogen) atoms. The maximum Gasteiger partial charge on any atom is 0.270 e. The number of para-hydroxylation sites is 1. The molecule has 4 aromatic rings. The number of methoxy groups -OCH3 is 1. The lowest BCUT2D eigenvalue weighted by atomic mass is 10.1. The van der Waals surface area contributed by atoms with Crippen LogP contribution >= 0.6 is 0 Å². The Morgan fingerprint density at radius 1 is 1.06 bits per heavy atom. The predicted octanol–water partition coefficient (Wildman–Crippen LogP) is 5.36. The van der Waals surface area contributed by atoms with Gasteiger partial charge in [0.05, 0.1) is 29.0 Å². The highest BCUT2D eigenvalue weighted by Crippen LogP contribution is 2.37. The molecule has 162 valence electrons. The molecule has 8 heteroatoms. The van der Waals surface area contributed by atoms with Gasteiger partial charge in [-0.2, -0.15) is 0 Å². The Morgan fingerprint density at radius 3 is 2.59 bits per heavy atom. The van der Waals surface area contributed by atoms with Crippen molar-refractivity contribution in [2.24, 2.45) is 0 Å². The number of hydrogen-bond donors (Lipinski definition) is 1. The summed E-state index contributed by atoms with van der Waals surface area (Å²) in [6.45, 7) is 1.62. The third-order valence-electron chi connectivity index (χ3n) is 5.83. The van der Waals surface area contributed by atoms with Crippen LogP contribution in [0.3, 0.4) is 0 Å². The van der Waals surface area contributed by atoms with Crippen molar-refractivity contribution in [1.29, 1.82) is 0 Å². The Labute approximate surface area is 183 Å². The molecule has 0 unspecified atom stereocenters. The van der Waals surface area contributed by atoms with Crippen molar-refractivity contribution in [3.8, 4) is 5.75 Å². The molecule has 0 aliphatic carbocycles. The Kier molecular flexibility index (Phi) is 4.89. The van der Waals surface area contributed by atoms with Gasteiger partial charge >= 0.3 is 0 Å². The number of carbonyl (C=O) groups excluding carboxylic acids is 1. The van der Waals surface area contributed by atoms with Crippen LogP contribution in [0.1, 0.15) is 23.2 Å². The number of rotatable bonds is 5. The van der Waals surface area contributed by atoms with Crippen LogP contribution in [0.25, 0.3) is 21.9 Å². The maximum atomic E-state index is 13.3. The number of furan rings is 1. The fraction of sp³-hybridized carbons (Fsp3) is 0.208. The highest BCUT2D eigenvalue weighted by molar-refractivity contribution is 6.12. The number of carbonyl (C=O) groups is 1. The third-order valence-corrected chi connectivity index (χ3v) is 5.83. The first-order chi connectivity index (χ1) is 15.5. The lowest BCUT2D eigenvalue weighted by molar-refractivity contribution is -0.384. The molecule has 5 rings (SSSR count). The molecule has 8 nitrogen and oxygen atoms in total. The molecule has 2 heterocycles. The fourth-order valence-corrected chi connectivity index (χ4v) is 4.26. The smallest absolute Gasteiger partial charge is 0.270 e. The van der Waals surface area contributed by atoms with E-state index in [1.807, 2.05) is 30.3 Å². The predicted molar refractivity (Wildman–Crippen MR) is 123 cm³/mol. The molecule has 1 saturated heterocycles. The summed E-state index contributed by atoms with van der Waals surface area (Å²) in [5, 5.41) is 16.0. The van der Waals surface area contributed by atoms with E-state index >= 15 is 0 Å². The summed E-state index contributed by atoms with van der Waals surface area (Å²) in [4.78, 5) is 26.2. The molecule has 0 saturated carbocycles. The van der Waals surface area contributed by atoms with Gasteiger partial charge in [-0.3, -0.25) is 14.9 Å². The molecule has 0 atom stereocenters. The molecule has 1 aliphatic heterocycles. The standard InChI is InChI=1S/C24H21N3O5/c1-31-23-13-17-16-6-2-3-7-21(16)32-22(17)14-19(23)25-24(28)18-12-15(27(29)30)8-9-20(18)26-10-4-5-11-26/h2-3,6-9,12-14H,4-5,10-11H2,1H3,(H,25,28). The highest BCUT2D eigenvalue weighted by Gasteiger charge is 2.24. The number of nitro benzene ring substituents is 1. The Balaban J connectivity index is 1.56. The fourth-order valence-electron chi connectivity index (χ4n) is 4.26. The van der Waals surface area contributed by atoms with E-state index in [-0.39, 0.29) is 11.3 Å². The van der Waals surface area contributed by atoms with E-state index in [1.54, 1.807) is 12.1 Å². The lowest BCUT2D eigenvalue weighted by Gasteiger charge is -2.21. The molecular weight excluding hydrogens is 410 g/mol. The number of non-ortho nitro benzene ring substituents is 1. The molecule has 0 bridgehead atoms. The average Bonchev–Trinajstić information content (AvgIpc) is 3.46. The van der Waals surface area contributed by atoms with Crippen LogP contribution in [0.5, 0.6) is 5.75 Å². The monoisotopic (exact) mass is 431 g/mol. The van der Waals surface area contributed by atoms with E-state index in [4.69, 9.17) is 9.15 Å². The zero-order valence-electron chi connectivity index (χ0n) is 17.5. The minimum Gasteiger partial charge on any atom is -0.495 e. The summed E-state index contributed by atoms with van der Waals surface area (Å²) in [7, 11) is 1.53. The van der Waals surface area contributed by atoms with Crippen molar-refractivity contribution < 1.29 is 18.9 Å². The van der Waals surface area contributed by atoms with Crippen LogP contribution < -0.4 is 15.0 Å². The molecule has 3 aromatic carbocycles. The van der Waals surface area contributed by atoms with E-state index in [9.17, 15) is 14.9 Å². The SMILES string of the molecule is COc1cc2c(cc1NC(=O)c1cc([N+](=O)[O-])ccc1N1CCCC1)oc1ccccc12. The van der Waals surface area contributed by atoms with Gasteiger partial charge in [0.25, 0.3) is 11.6 Å². The van der Waals surface area contributed by atoms with Gasteiger partial charge in [0.2, 0.25) is 0 Å². The first-order valence-electron chi connectivity index (χ1n) is 10.4. The second kappa shape index (κ2) is 7.88. The Bertz CT molecular complexity index is 1350. The molecule has 1 fully saturated rings. The van der Waals surface area contributed by atoms with Crippen LogP contribution in [0.2, 0.25) is 0 Å². The quantitative estimate of drug-likeness (QED) is 0.338. The van der Waals surface area contributed by atoms with E-state index in [2.05, 4.69) is 10.2 Å². The third kappa shape index (κ3) is 3.39. The van der Waals surface area contributed by atoms with Crippen molar-refractivity contribution in [3.63, 3.8) is 0 Å². The van der Waals surface area contributed by atoms with Gasteiger partial charge in [0.15, 0.2) is 0 Å². The first kappa shape index (κ1) is 19.9. The second-order valence-electron chi connectivity index (χ2n) is 7.75. The maximum absolute atomic E-state index is 13.3. The van der Waals surface area contributed by atoms with E-state index in [0.29, 0.717) is 22.7 Å². The minimum absolute atomic E-state index is 0.127. The molecule has 0 radical (unpaired) electrons. The largest absolute Gasteiger partial charge is 0.495 e. The van der Waals surface area contributed by atoms with Crippen LogP contribution in [-0.4, -0.2) is 31.0 Å². The van der Waals surface area contributed by atoms with Gasteiger partial charge in [0, 0.05) is 42.1 Å². The summed E-state index contributed by atoms with van der Waals surface area (Å²) in [6.07, 6.45) is 2.04. The molecule has 1 aromatic heterocycles. The second-order valence-corrected chi connectivity index (χ2v) is 7.75. The van der Waals surface area contributed by atoms with Crippen molar-refractivity contribution in [2.75, 3.05) is 30.4 Å². The van der Waals surface area contributed by atoms with Gasteiger partial charge in [-0.1, -0.05) is 18.2 Å². The Morgan fingerprint density at radius 2 is 1.84 bits per heavy atom. The normalized spacial score (nSPS) is 13.6. The lowest BCUT2D eigenvalue weighted by Crippen LogP contribution is -2.23. The van der Waals surface area contributed by atoms with Crippen LogP contribution in [-0.2, 0) is 0 Å². The average molecular weight is 431 g/mol. The van der Waals surface area contributed by atoms with Gasteiger partial charge in [-0.05, 0) is 31.0 Å². The van der Waals surface area contributed by atoms with Gasteiger partial charge in [-0.15, -0.1) is 0 Å². The molecule has 1 amide bonds. The van der Waals surface area contributed by atoms with Crippen LogP contribution in [0.4, 0.5) is 17.1 Å². The number of ether oxygens (including phenoxy) is 1.